The number of hydrogen-bond donors (Lipinski definition) is 0. The molecule has 0 radical (unpaired) electrons. The number of aryl methyl sites for hydroxylation is 2. The maximum absolute atomic E-state index is 12.6. The summed E-state index contributed by atoms with van der Waals surface area (Å²) in [7, 11) is 0. The van der Waals surface area contributed by atoms with Crippen LogP contribution in [0.3, 0.4) is 0 Å². The van der Waals surface area contributed by atoms with Crippen LogP contribution in [0.4, 0.5) is 5.82 Å². The third-order valence-electron chi connectivity index (χ3n) is 4.94. The van der Waals surface area contributed by atoms with Crippen molar-refractivity contribution in [2.75, 3.05) is 44.2 Å². The molecule has 2 aliphatic heterocycles. The molecule has 0 atom stereocenters. The van der Waals surface area contributed by atoms with Crippen molar-refractivity contribution in [2.24, 2.45) is 0 Å². The Balaban J connectivity index is 1.52. The molecule has 0 bridgehead atoms. The highest BCUT2D eigenvalue weighted by Gasteiger charge is 2.26. The Hall–Kier alpha value is -1.89. The molecule has 7 heteroatoms. The quantitative estimate of drug-likeness (QED) is 0.820. The van der Waals surface area contributed by atoms with E-state index in [-0.39, 0.29) is 18.2 Å². The first-order valence-electron chi connectivity index (χ1n) is 8.93. The van der Waals surface area contributed by atoms with Crippen molar-refractivity contribution in [1.29, 1.82) is 0 Å². The molecule has 0 saturated carbocycles. The van der Waals surface area contributed by atoms with Gasteiger partial charge in [-0.1, -0.05) is 6.92 Å². The van der Waals surface area contributed by atoms with E-state index in [1.807, 2.05) is 22.6 Å². The maximum Gasteiger partial charge on any atom is 0.228 e. The molecule has 1 aromatic heterocycles. The van der Waals surface area contributed by atoms with Crippen LogP contribution in [0.25, 0.3) is 0 Å². The molecule has 7 nitrogen and oxygen atoms in total. The number of fused-ring (bicyclic) bond motifs is 1. The summed E-state index contributed by atoms with van der Waals surface area (Å²) in [4.78, 5) is 30.9. The van der Waals surface area contributed by atoms with Crippen LogP contribution in [0.5, 0.6) is 0 Å². The van der Waals surface area contributed by atoms with E-state index >= 15 is 0 Å². The summed E-state index contributed by atoms with van der Waals surface area (Å²) >= 11 is 0. The van der Waals surface area contributed by atoms with Crippen molar-refractivity contribution in [3.8, 4) is 0 Å². The van der Waals surface area contributed by atoms with Gasteiger partial charge in [0.25, 0.3) is 0 Å². The van der Waals surface area contributed by atoms with Gasteiger partial charge in [-0.25, -0.2) is 4.68 Å². The Morgan fingerprint density at radius 2 is 1.75 bits per heavy atom. The number of aromatic nitrogens is 2. The van der Waals surface area contributed by atoms with Gasteiger partial charge in [0.05, 0.1) is 5.69 Å². The molecule has 132 valence electrons. The fourth-order valence-corrected chi connectivity index (χ4v) is 3.48. The Morgan fingerprint density at radius 1 is 1.04 bits per heavy atom. The number of amides is 2. The molecule has 0 unspecified atom stereocenters. The number of piperazine rings is 1. The van der Waals surface area contributed by atoms with Crippen molar-refractivity contribution >= 4 is 17.6 Å². The average Bonchev–Trinajstić information content (AvgIpc) is 2.99. The second-order valence-electron chi connectivity index (χ2n) is 6.58. The van der Waals surface area contributed by atoms with Crippen LogP contribution in [0.1, 0.15) is 31.9 Å². The average molecular weight is 333 g/mol. The summed E-state index contributed by atoms with van der Waals surface area (Å²) in [6.07, 6.45) is 1.48. The van der Waals surface area contributed by atoms with Crippen LogP contribution < -0.4 is 4.90 Å². The van der Waals surface area contributed by atoms with Crippen LogP contribution in [-0.4, -0.2) is 70.7 Å². The second kappa shape index (κ2) is 7.34. The number of nitrogens with zero attached hydrogens (tertiary/aromatic N) is 5. The zero-order valence-corrected chi connectivity index (χ0v) is 14.7. The SMILES string of the molecule is CCN1CCN(C(=O)CCC(=O)N2CCCn3nc(C)cc32)CC1. The molecule has 3 rings (SSSR count). The Bertz CT molecular complexity index is 604. The molecule has 0 spiro atoms. The fraction of sp³-hybridized carbons (Fsp3) is 0.706. The van der Waals surface area contributed by atoms with E-state index in [9.17, 15) is 9.59 Å². The molecule has 0 N–H and O–H groups in total. The Labute approximate surface area is 143 Å². The monoisotopic (exact) mass is 333 g/mol. The van der Waals surface area contributed by atoms with Gasteiger partial charge >= 0.3 is 0 Å². The molecule has 1 saturated heterocycles. The highest BCUT2D eigenvalue weighted by molar-refractivity contribution is 5.95. The third kappa shape index (κ3) is 3.61. The summed E-state index contributed by atoms with van der Waals surface area (Å²) in [5.41, 5.74) is 0.926. The lowest BCUT2D eigenvalue weighted by molar-refractivity contribution is -0.134. The van der Waals surface area contributed by atoms with E-state index in [1.165, 1.54) is 0 Å². The van der Waals surface area contributed by atoms with Crippen LogP contribution in [0, 0.1) is 6.92 Å². The van der Waals surface area contributed by atoms with E-state index < -0.39 is 0 Å². The predicted molar refractivity (Wildman–Crippen MR) is 91.9 cm³/mol. The molecule has 1 aromatic rings. The van der Waals surface area contributed by atoms with Gasteiger partial charge < -0.3 is 9.80 Å². The lowest BCUT2D eigenvalue weighted by Gasteiger charge is -2.34. The lowest BCUT2D eigenvalue weighted by Crippen LogP contribution is -2.48. The first-order valence-corrected chi connectivity index (χ1v) is 8.93. The molecule has 2 aliphatic rings. The van der Waals surface area contributed by atoms with Gasteiger partial charge in [-0.2, -0.15) is 5.10 Å². The molecule has 1 fully saturated rings. The zero-order chi connectivity index (χ0) is 17.1. The molecule has 3 heterocycles. The normalized spacial score (nSPS) is 18.6. The highest BCUT2D eigenvalue weighted by Crippen LogP contribution is 2.22. The fourth-order valence-electron chi connectivity index (χ4n) is 3.48. The molecular formula is C17H27N5O2. The molecule has 2 amide bonds. The number of likely N-dealkylation sites (N-methyl/N-ethyl adjacent to an activating group) is 1. The van der Waals surface area contributed by atoms with Crippen molar-refractivity contribution in [3.63, 3.8) is 0 Å². The van der Waals surface area contributed by atoms with E-state index in [0.29, 0.717) is 13.0 Å². The molecule has 0 aromatic carbocycles. The van der Waals surface area contributed by atoms with Gasteiger partial charge in [0.1, 0.15) is 5.82 Å². The van der Waals surface area contributed by atoms with E-state index in [2.05, 4.69) is 16.9 Å². The zero-order valence-electron chi connectivity index (χ0n) is 14.7. The van der Waals surface area contributed by atoms with Crippen LogP contribution >= 0.6 is 0 Å². The van der Waals surface area contributed by atoms with Crippen molar-refractivity contribution in [2.45, 2.75) is 39.7 Å². The third-order valence-corrected chi connectivity index (χ3v) is 4.94. The van der Waals surface area contributed by atoms with Crippen LogP contribution in [-0.2, 0) is 16.1 Å². The Kier molecular flexibility index (Phi) is 5.18. The minimum Gasteiger partial charge on any atom is -0.340 e. The van der Waals surface area contributed by atoms with Crippen molar-refractivity contribution in [1.82, 2.24) is 19.6 Å². The lowest BCUT2D eigenvalue weighted by atomic mass is 10.2. The highest BCUT2D eigenvalue weighted by atomic mass is 16.2. The van der Waals surface area contributed by atoms with Crippen molar-refractivity contribution in [3.05, 3.63) is 11.8 Å². The largest absolute Gasteiger partial charge is 0.340 e. The van der Waals surface area contributed by atoms with Gasteiger partial charge in [0.15, 0.2) is 0 Å². The van der Waals surface area contributed by atoms with E-state index in [0.717, 1.165) is 57.2 Å². The second-order valence-corrected chi connectivity index (χ2v) is 6.58. The maximum atomic E-state index is 12.6. The van der Waals surface area contributed by atoms with Crippen LogP contribution in [0.15, 0.2) is 6.07 Å². The summed E-state index contributed by atoms with van der Waals surface area (Å²) in [6.45, 7) is 10.1. The molecule has 0 aliphatic carbocycles. The molecule has 24 heavy (non-hydrogen) atoms. The first kappa shape index (κ1) is 17.0. The Morgan fingerprint density at radius 3 is 2.46 bits per heavy atom. The minimum atomic E-state index is 0.0244. The van der Waals surface area contributed by atoms with Crippen molar-refractivity contribution < 1.29 is 9.59 Å². The van der Waals surface area contributed by atoms with E-state index in [4.69, 9.17) is 0 Å². The summed E-state index contributed by atoms with van der Waals surface area (Å²) in [6, 6.07) is 1.95. The van der Waals surface area contributed by atoms with Gasteiger partial charge in [0.2, 0.25) is 11.8 Å². The van der Waals surface area contributed by atoms with Gasteiger partial charge in [-0.15, -0.1) is 0 Å². The summed E-state index contributed by atoms with van der Waals surface area (Å²) in [5.74, 6) is 0.991. The number of hydrogen-bond acceptors (Lipinski definition) is 4. The molecular weight excluding hydrogens is 306 g/mol. The topological polar surface area (TPSA) is 61.7 Å². The minimum absolute atomic E-state index is 0.0244. The first-order chi connectivity index (χ1) is 11.6. The van der Waals surface area contributed by atoms with Gasteiger partial charge in [0, 0.05) is 58.2 Å². The number of anilines is 1. The van der Waals surface area contributed by atoms with Crippen LogP contribution in [0.2, 0.25) is 0 Å². The summed E-state index contributed by atoms with van der Waals surface area (Å²) in [5, 5.41) is 4.41. The smallest absolute Gasteiger partial charge is 0.228 e. The van der Waals surface area contributed by atoms with Gasteiger partial charge in [-0.3, -0.25) is 14.5 Å². The number of rotatable bonds is 4. The van der Waals surface area contributed by atoms with Gasteiger partial charge in [-0.05, 0) is 19.9 Å². The number of carbonyl (C=O) groups excluding carboxylic acids is 2. The van der Waals surface area contributed by atoms with E-state index in [1.54, 1.807) is 4.90 Å². The standard InChI is InChI=1S/C17H27N5O2/c1-3-19-9-11-20(12-10-19)16(23)5-6-17(24)21-7-4-8-22-15(21)13-14(2)18-22/h13H,3-12H2,1-2H3. The summed E-state index contributed by atoms with van der Waals surface area (Å²) < 4.78 is 1.89. The number of carbonyl (C=O) groups is 2. The predicted octanol–water partition coefficient (Wildman–Crippen LogP) is 0.873.